The molecule has 1 N–H and O–H groups in total. The van der Waals surface area contributed by atoms with E-state index < -0.39 is 0 Å². The molecule has 0 radical (unpaired) electrons. The van der Waals surface area contributed by atoms with Gasteiger partial charge in [0.25, 0.3) is 0 Å². The van der Waals surface area contributed by atoms with Crippen molar-refractivity contribution in [3.05, 3.63) is 35.4 Å². The molecule has 1 fully saturated rings. The minimum absolute atomic E-state index is 0.146. The van der Waals surface area contributed by atoms with Crippen LogP contribution in [0.1, 0.15) is 50.5 Å². The van der Waals surface area contributed by atoms with Crippen molar-refractivity contribution in [2.24, 2.45) is 0 Å². The minimum atomic E-state index is -0.337. The second kappa shape index (κ2) is 6.28. The van der Waals surface area contributed by atoms with E-state index in [1.165, 1.54) is 24.6 Å². The summed E-state index contributed by atoms with van der Waals surface area (Å²) in [6, 6.07) is 4.24. The van der Waals surface area contributed by atoms with E-state index >= 15 is 0 Å². The van der Waals surface area contributed by atoms with Crippen LogP contribution in [0, 0.1) is 11.6 Å². The first-order valence-electron chi connectivity index (χ1n) is 6.89. The van der Waals surface area contributed by atoms with Gasteiger partial charge in [0.1, 0.15) is 11.6 Å². The lowest BCUT2D eigenvalue weighted by Crippen LogP contribution is -2.29. The lowest BCUT2D eigenvalue weighted by molar-refractivity contribution is 0.440. The normalized spacial score (nSPS) is 24.8. The summed E-state index contributed by atoms with van der Waals surface area (Å²) in [5, 5.41) is 3.44. The number of hydrogen-bond acceptors (Lipinski definition) is 1. The van der Waals surface area contributed by atoms with Crippen LogP contribution in [0.3, 0.4) is 0 Å². The summed E-state index contributed by atoms with van der Waals surface area (Å²) in [5.74, 6) is -0.457. The summed E-state index contributed by atoms with van der Waals surface area (Å²) in [6.45, 7) is 3.02. The highest BCUT2D eigenvalue weighted by atomic mass is 19.1. The van der Waals surface area contributed by atoms with Crippen molar-refractivity contribution < 1.29 is 8.78 Å². The quantitative estimate of drug-likeness (QED) is 0.803. The van der Waals surface area contributed by atoms with Crippen molar-refractivity contribution in [2.45, 2.75) is 51.0 Å². The summed E-state index contributed by atoms with van der Waals surface area (Å²) in [5.41, 5.74) is 0.555. The van der Waals surface area contributed by atoms with Crippen LogP contribution in [0.2, 0.25) is 0 Å². The Labute approximate surface area is 108 Å². The maximum absolute atomic E-state index is 13.8. The summed E-state index contributed by atoms with van der Waals surface area (Å²) < 4.78 is 27.1. The smallest absolute Gasteiger partial charge is 0.126 e. The van der Waals surface area contributed by atoms with Gasteiger partial charge in [0.2, 0.25) is 0 Å². The molecule has 18 heavy (non-hydrogen) atoms. The van der Waals surface area contributed by atoms with E-state index in [2.05, 4.69) is 12.2 Å². The minimum Gasteiger partial charge on any atom is -0.314 e. The van der Waals surface area contributed by atoms with E-state index in [9.17, 15) is 8.78 Å². The number of halogens is 2. The van der Waals surface area contributed by atoms with Crippen molar-refractivity contribution in [2.75, 3.05) is 6.54 Å². The van der Waals surface area contributed by atoms with Crippen LogP contribution in [-0.4, -0.2) is 12.6 Å². The van der Waals surface area contributed by atoms with Gasteiger partial charge in [0.05, 0.1) is 0 Å². The molecule has 1 nitrogen and oxygen atoms in total. The second-order valence-electron chi connectivity index (χ2n) is 5.14. The molecule has 1 aromatic carbocycles. The Morgan fingerprint density at radius 2 is 2.00 bits per heavy atom. The molecule has 0 saturated heterocycles. The maximum atomic E-state index is 13.8. The highest BCUT2D eigenvalue weighted by Gasteiger charge is 2.23. The molecule has 2 rings (SSSR count). The predicted octanol–water partition coefficient (Wildman–Crippen LogP) is 3.99. The fourth-order valence-corrected chi connectivity index (χ4v) is 2.94. The molecule has 0 amide bonds. The molecule has 0 bridgehead atoms. The van der Waals surface area contributed by atoms with Gasteiger partial charge in [-0.2, -0.15) is 0 Å². The van der Waals surface area contributed by atoms with Crippen LogP contribution in [0.15, 0.2) is 18.2 Å². The van der Waals surface area contributed by atoms with Gasteiger partial charge < -0.3 is 5.32 Å². The van der Waals surface area contributed by atoms with Gasteiger partial charge in [-0.25, -0.2) is 8.78 Å². The summed E-state index contributed by atoms with van der Waals surface area (Å²) in [6.07, 6.45) is 5.28. The monoisotopic (exact) mass is 253 g/mol. The molecule has 0 heterocycles. The fraction of sp³-hybridized carbons (Fsp3) is 0.600. The number of rotatable bonds is 3. The zero-order chi connectivity index (χ0) is 13.0. The fourth-order valence-electron chi connectivity index (χ4n) is 2.94. The molecule has 0 spiro atoms. The topological polar surface area (TPSA) is 12.0 Å². The Morgan fingerprint density at radius 3 is 2.78 bits per heavy atom. The predicted molar refractivity (Wildman–Crippen MR) is 69.6 cm³/mol. The SMILES string of the molecule is CCNC1CCCCC(c2cc(F)ccc2F)C1. The van der Waals surface area contributed by atoms with Crippen LogP contribution < -0.4 is 5.32 Å². The first-order valence-corrected chi connectivity index (χ1v) is 6.89. The van der Waals surface area contributed by atoms with Crippen LogP contribution in [0.4, 0.5) is 8.78 Å². The van der Waals surface area contributed by atoms with E-state index in [1.54, 1.807) is 0 Å². The zero-order valence-electron chi connectivity index (χ0n) is 10.9. The molecule has 100 valence electrons. The Morgan fingerprint density at radius 1 is 1.22 bits per heavy atom. The Hall–Kier alpha value is -0.960. The number of nitrogens with one attached hydrogen (secondary N) is 1. The molecule has 1 aromatic rings. The van der Waals surface area contributed by atoms with Gasteiger partial charge in [-0.05, 0) is 55.5 Å². The van der Waals surface area contributed by atoms with Gasteiger partial charge in [0.15, 0.2) is 0 Å². The van der Waals surface area contributed by atoms with E-state index in [0.29, 0.717) is 11.6 Å². The summed E-state index contributed by atoms with van der Waals surface area (Å²) in [4.78, 5) is 0. The van der Waals surface area contributed by atoms with Crippen molar-refractivity contribution in [1.29, 1.82) is 0 Å². The standard InChI is InChI=1S/C15H21F2N/c1-2-18-13-6-4-3-5-11(9-13)14-10-12(16)7-8-15(14)17/h7-8,10-11,13,18H,2-6,9H2,1H3. The van der Waals surface area contributed by atoms with E-state index in [1.807, 2.05) is 0 Å². The molecule has 2 atom stereocenters. The molecule has 1 saturated carbocycles. The lowest BCUT2D eigenvalue weighted by atomic mass is 9.90. The van der Waals surface area contributed by atoms with Gasteiger partial charge in [0, 0.05) is 6.04 Å². The van der Waals surface area contributed by atoms with Gasteiger partial charge >= 0.3 is 0 Å². The Bertz CT molecular complexity index is 392. The van der Waals surface area contributed by atoms with Gasteiger partial charge in [-0.1, -0.05) is 19.8 Å². The molecule has 2 unspecified atom stereocenters. The average Bonchev–Trinajstić information content (AvgIpc) is 2.58. The van der Waals surface area contributed by atoms with Crippen LogP contribution in [-0.2, 0) is 0 Å². The van der Waals surface area contributed by atoms with E-state index in [4.69, 9.17) is 0 Å². The maximum Gasteiger partial charge on any atom is 0.126 e. The van der Waals surface area contributed by atoms with Gasteiger partial charge in [-0.15, -0.1) is 0 Å². The number of hydrogen-bond donors (Lipinski definition) is 1. The summed E-state index contributed by atoms with van der Waals surface area (Å²) in [7, 11) is 0. The highest BCUT2D eigenvalue weighted by Crippen LogP contribution is 2.33. The molecule has 0 aliphatic heterocycles. The van der Waals surface area contributed by atoms with Crippen LogP contribution >= 0.6 is 0 Å². The molecule has 1 aliphatic rings. The highest BCUT2D eigenvalue weighted by molar-refractivity contribution is 5.23. The molecular weight excluding hydrogens is 232 g/mol. The first-order chi connectivity index (χ1) is 8.70. The number of benzene rings is 1. The molecular formula is C15H21F2N. The second-order valence-corrected chi connectivity index (χ2v) is 5.14. The van der Waals surface area contributed by atoms with Gasteiger partial charge in [-0.3, -0.25) is 0 Å². The average molecular weight is 253 g/mol. The third-order valence-corrected chi connectivity index (χ3v) is 3.81. The van der Waals surface area contributed by atoms with Crippen molar-refractivity contribution in [1.82, 2.24) is 5.32 Å². The van der Waals surface area contributed by atoms with Crippen molar-refractivity contribution >= 4 is 0 Å². The van der Waals surface area contributed by atoms with E-state index in [-0.39, 0.29) is 17.6 Å². The largest absolute Gasteiger partial charge is 0.314 e. The van der Waals surface area contributed by atoms with Crippen molar-refractivity contribution in [3.63, 3.8) is 0 Å². The van der Waals surface area contributed by atoms with Crippen LogP contribution in [0.5, 0.6) is 0 Å². The Kier molecular flexibility index (Phi) is 4.70. The molecule has 0 aromatic heterocycles. The first kappa shape index (κ1) is 13.5. The molecule has 1 aliphatic carbocycles. The molecule has 3 heteroatoms. The Balaban J connectivity index is 2.16. The third-order valence-electron chi connectivity index (χ3n) is 3.81. The van der Waals surface area contributed by atoms with E-state index in [0.717, 1.165) is 32.2 Å². The van der Waals surface area contributed by atoms with Crippen molar-refractivity contribution in [3.8, 4) is 0 Å². The summed E-state index contributed by atoms with van der Waals surface area (Å²) >= 11 is 0. The lowest BCUT2D eigenvalue weighted by Gasteiger charge is -2.21. The zero-order valence-corrected chi connectivity index (χ0v) is 10.9. The van der Waals surface area contributed by atoms with Crippen LogP contribution in [0.25, 0.3) is 0 Å². The third kappa shape index (κ3) is 3.29.